The maximum Gasteiger partial charge on any atom is 0.280 e. The van der Waals surface area contributed by atoms with Gasteiger partial charge < -0.3 is 55.1 Å². The van der Waals surface area contributed by atoms with Crippen LogP contribution in [-0.4, -0.2) is 81.2 Å². The molecule has 0 aliphatic carbocycles. The van der Waals surface area contributed by atoms with Crippen molar-refractivity contribution < 1.29 is 28.4 Å². The number of nitrogens with two attached hydrogens (primary N) is 2. The number of nitrogens with zero attached hydrogens (tertiary/aromatic N) is 7. The monoisotopic (exact) mass is 661 g/mol. The third-order valence-electron chi connectivity index (χ3n) is 6.96. The van der Waals surface area contributed by atoms with Crippen LogP contribution in [0.5, 0.6) is 0 Å². The lowest BCUT2D eigenvalue weighted by molar-refractivity contribution is -0.204. The highest BCUT2D eigenvalue weighted by Crippen LogP contribution is 2.49. The molecule has 21 heteroatoms. The van der Waals surface area contributed by atoms with Gasteiger partial charge in [0.15, 0.2) is 29.6 Å². The highest BCUT2D eigenvalue weighted by atomic mass is 35.5. The molecular weight excluding hydrogens is 628 g/mol. The Bertz CT molecular complexity index is 1770. The van der Waals surface area contributed by atoms with Gasteiger partial charge in [0.1, 0.15) is 24.3 Å². The van der Waals surface area contributed by atoms with Crippen molar-refractivity contribution in [2.45, 2.75) is 62.7 Å². The van der Waals surface area contributed by atoms with Crippen LogP contribution in [0.4, 0.5) is 11.9 Å². The van der Waals surface area contributed by atoms with Gasteiger partial charge in [0, 0.05) is 0 Å². The van der Waals surface area contributed by atoms with Gasteiger partial charge in [-0.1, -0.05) is 11.6 Å². The molecule has 6 rings (SSSR count). The van der Waals surface area contributed by atoms with Gasteiger partial charge in [-0.05, 0) is 39.0 Å². The summed E-state index contributed by atoms with van der Waals surface area (Å²) in [7, 11) is -6.71. The average Bonchev–Trinajstić information content (AvgIpc) is 3.67. The fraction of sp³-hybridized carbons (Fsp3) is 0.545. The van der Waals surface area contributed by atoms with E-state index in [1.54, 1.807) is 24.2 Å². The molecule has 10 N–H and O–H groups in total. The standard InChI is InChI=1S/C12H17ClN5O2P.C10H14N5O5P.H3N/c1-21(2,19)8-4-3-7(20-8)5-18-6-15-9-10(13)16-12(14)17-11(9)18;11-10-13-8-7(9(16)14-10)12-4-15(8)3-5-1-2-6(20-5)21(17,18)19;/h6-8H,3-5H2,1-2H3,(H2,14,16,17);4-6H,1-3H2,(H2,17,18,19)(H3,11,13,14,16);1H3/t7-,8+;5-,6?;/m00./s1. The molecule has 0 spiro atoms. The van der Waals surface area contributed by atoms with E-state index < -0.39 is 32.2 Å². The fourth-order valence-corrected chi connectivity index (χ4v) is 7.20. The number of ether oxygens (including phenoxy) is 2. The second-order valence-corrected chi connectivity index (χ2v) is 16.0. The van der Waals surface area contributed by atoms with Crippen LogP contribution in [0.2, 0.25) is 5.15 Å². The van der Waals surface area contributed by atoms with E-state index in [1.807, 2.05) is 4.57 Å². The predicted octanol–water partition coefficient (Wildman–Crippen LogP) is 1.32. The van der Waals surface area contributed by atoms with E-state index in [4.69, 9.17) is 37.4 Å². The van der Waals surface area contributed by atoms with Crippen molar-refractivity contribution in [3.05, 3.63) is 28.2 Å². The van der Waals surface area contributed by atoms with Gasteiger partial charge in [-0.3, -0.25) is 9.78 Å². The summed E-state index contributed by atoms with van der Waals surface area (Å²) in [6.45, 7) is 4.38. The zero-order valence-corrected chi connectivity index (χ0v) is 26.2. The van der Waals surface area contributed by atoms with E-state index in [0.29, 0.717) is 29.8 Å². The van der Waals surface area contributed by atoms with E-state index in [9.17, 15) is 18.8 Å². The number of anilines is 2. The number of imidazole rings is 2. The van der Waals surface area contributed by atoms with Gasteiger partial charge >= 0.3 is 0 Å². The molecule has 2 aliphatic rings. The molecule has 0 aromatic carbocycles. The van der Waals surface area contributed by atoms with Crippen molar-refractivity contribution >= 4 is 60.6 Å². The summed E-state index contributed by atoms with van der Waals surface area (Å²) in [5.74, 6) is -1.25. The van der Waals surface area contributed by atoms with Crippen LogP contribution >= 0.6 is 26.3 Å². The van der Waals surface area contributed by atoms with Crippen molar-refractivity contribution in [1.82, 2.24) is 45.2 Å². The molecule has 2 saturated heterocycles. The Balaban J connectivity index is 0.000000192. The molecular formula is C22H34ClN11O7P2. The molecule has 2 unspecified atom stereocenters. The van der Waals surface area contributed by atoms with Crippen molar-refractivity contribution in [2.24, 2.45) is 0 Å². The number of nitrogen functional groups attached to an aromatic ring is 2. The summed E-state index contributed by atoms with van der Waals surface area (Å²) >= 11 is 6.00. The largest absolute Gasteiger partial charge is 0.777 e. The van der Waals surface area contributed by atoms with E-state index in [2.05, 4.69) is 29.9 Å². The Morgan fingerprint density at radius 1 is 0.977 bits per heavy atom. The SMILES string of the molecule is CP(C)(=O)[C@@H]1CC[C@@H](Cn2cnc3c(Cl)nc(N)nc32)O1.Nc1nc2c(ncn2C[C@@H]2CCC(P(=O)([O-])O)O2)c(=O)[nH]1.[NH4+]. The molecule has 2 aliphatic heterocycles. The zero-order valence-electron chi connectivity index (χ0n) is 23.7. The summed E-state index contributed by atoms with van der Waals surface area (Å²) in [6, 6.07) is 0. The number of aromatic nitrogens is 8. The maximum atomic E-state index is 12.1. The third-order valence-corrected chi connectivity index (χ3v) is 10.1. The quantitative estimate of drug-likeness (QED) is 0.144. The number of fused-ring (bicyclic) bond motifs is 2. The molecule has 4 aromatic rings. The summed E-state index contributed by atoms with van der Waals surface area (Å²) in [5.41, 5.74) is 12.2. The van der Waals surface area contributed by atoms with Crippen LogP contribution in [0.25, 0.3) is 22.3 Å². The minimum atomic E-state index is -4.49. The minimum absolute atomic E-state index is 0. The third kappa shape index (κ3) is 7.41. The Morgan fingerprint density at radius 2 is 1.51 bits per heavy atom. The van der Waals surface area contributed by atoms with Crippen LogP contribution in [-0.2, 0) is 31.7 Å². The molecule has 0 bridgehead atoms. The molecule has 236 valence electrons. The van der Waals surface area contributed by atoms with Crippen LogP contribution in [0.15, 0.2) is 17.4 Å². The Kier molecular flexibility index (Phi) is 9.64. The lowest BCUT2D eigenvalue weighted by Crippen LogP contribution is -2.21. The number of aromatic amines is 1. The number of H-pyrrole nitrogens is 1. The highest BCUT2D eigenvalue weighted by molar-refractivity contribution is 7.62. The van der Waals surface area contributed by atoms with E-state index in [-0.39, 0.29) is 53.6 Å². The highest BCUT2D eigenvalue weighted by Gasteiger charge is 2.34. The van der Waals surface area contributed by atoms with Crippen LogP contribution < -0.4 is 28.1 Å². The molecule has 43 heavy (non-hydrogen) atoms. The number of quaternary nitrogens is 1. The fourth-order valence-electron chi connectivity index (χ4n) is 4.94. The topological polar surface area (TPSA) is 292 Å². The Morgan fingerprint density at radius 3 is 2.05 bits per heavy atom. The number of halogens is 1. The molecule has 4 aromatic heterocycles. The summed E-state index contributed by atoms with van der Waals surface area (Å²) in [4.78, 5) is 54.2. The smallest absolute Gasteiger partial charge is 0.280 e. The first-order valence-electron chi connectivity index (χ1n) is 12.9. The van der Waals surface area contributed by atoms with Gasteiger partial charge in [-0.25, -0.2) is 9.97 Å². The number of nitrogens with one attached hydrogen (secondary N) is 1. The van der Waals surface area contributed by atoms with Gasteiger partial charge in [-0.15, -0.1) is 0 Å². The predicted molar refractivity (Wildman–Crippen MR) is 158 cm³/mol. The number of rotatable bonds is 6. The van der Waals surface area contributed by atoms with Crippen molar-refractivity contribution in [3.63, 3.8) is 0 Å². The summed E-state index contributed by atoms with van der Waals surface area (Å²) in [5, 5.41) is 0.244. The minimum Gasteiger partial charge on any atom is -0.777 e. The first-order valence-corrected chi connectivity index (χ1v) is 17.6. The first kappa shape index (κ1) is 33.0. The zero-order chi connectivity index (χ0) is 30.4. The van der Waals surface area contributed by atoms with E-state index in [0.717, 1.165) is 12.8 Å². The number of hydrogen-bond donors (Lipinski definition) is 5. The van der Waals surface area contributed by atoms with Crippen molar-refractivity contribution in [1.29, 1.82) is 0 Å². The summed E-state index contributed by atoms with van der Waals surface area (Å²) < 4.78 is 37.7. The molecule has 0 amide bonds. The summed E-state index contributed by atoms with van der Waals surface area (Å²) in [6.07, 6.45) is 5.03. The first-order chi connectivity index (χ1) is 19.7. The second-order valence-electron chi connectivity index (χ2n) is 10.5. The number of hydrogen-bond acceptors (Lipinski definition) is 13. The lowest BCUT2D eigenvalue weighted by Gasteiger charge is -2.23. The molecule has 0 saturated carbocycles. The lowest BCUT2D eigenvalue weighted by atomic mass is 10.2. The van der Waals surface area contributed by atoms with E-state index >= 15 is 0 Å². The van der Waals surface area contributed by atoms with Crippen LogP contribution in [0, 0.1) is 0 Å². The molecule has 0 radical (unpaired) electrons. The van der Waals surface area contributed by atoms with E-state index in [1.165, 1.54) is 6.33 Å². The second kappa shape index (κ2) is 12.6. The Labute approximate surface area is 249 Å². The average molecular weight is 662 g/mol. The maximum absolute atomic E-state index is 12.1. The van der Waals surface area contributed by atoms with Gasteiger partial charge in [-0.2, -0.15) is 15.0 Å². The van der Waals surface area contributed by atoms with Gasteiger partial charge in [0.05, 0.1) is 38.0 Å². The molecule has 18 nitrogen and oxygen atoms in total. The molecule has 2 fully saturated rings. The van der Waals surface area contributed by atoms with Crippen LogP contribution in [0.3, 0.4) is 0 Å². The van der Waals surface area contributed by atoms with Crippen molar-refractivity contribution in [2.75, 3.05) is 24.8 Å². The van der Waals surface area contributed by atoms with Crippen LogP contribution in [0.1, 0.15) is 25.7 Å². The van der Waals surface area contributed by atoms with Crippen molar-refractivity contribution in [3.8, 4) is 0 Å². The van der Waals surface area contributed by atoms with Gasteiger partial charge in [0.2, 0.25) is 11.9 Å². The molecule has 5 atom stereocenters. The molecule has 6 heterocycles. The normalized spacial score (nSPS) is 23.6. The van der Waals surface area contributed by atoms with Gasteiger partial charge in [0.25, 0.3) is 5.56 Å². The Hall–Kier alpha value is -2.95.